The average molecular weight is 410 g/mol. The third-order valence-electron chi connectivity index (χ3n) is 3.80. The smallest absolute Gasteiger partial charge is 0.322 e. The van der Waals surface area contributed by atoms with Gasteiger partial charge in [0.25, 0.3) is 11.8 Å². The summed E-state index contributed by atoms with van der Waals surface area (Å²) in [4.78, 5) is 37.3. The van der Waals surface area contributed by atoms with Crippen molar-refractivity contribution in [2.75, 3.05) is 23.9 Å². The molecule has 9 heteroatoms. The van der Waals surface area contributed by atoms with E-state index in [9.17, 15) is 27.6 Å². The molecule has 3 amide bonds. The lowest BCUT2D eigenvalue weighted by Crippen LogP contribution is -2.33. The molecule has 2 aromatic rings. The molecule has 5 nitrogen and oxygen atoms in total. The van der Waals surface area contributed by atoms with E-state index < -0.39 is 23.6 Å². The summed E-state index contributed by atoms with van der Waals surface area (Å²) in [6, 6.07) is 9.88. The molecule has 0 fully saturated rings. The number of amides is 3. The Morgan fingerprint density at radius 1 is 1.07 bits per heavy atom. The maximum atomic E-state index is 12.6. The van der Waals surface area contributed by atoms with Gasteiger partial charge in [-0.25, -0.2) is 0 Å². The van der Waals surface area contributed by atoms with E-state index in [1.807, 2.05) is 6.26 Å². The number of hydrogen-bond acceptors (Lipinski definition) is 4. The summed E-state index contributed by atoms with van der Waals surface area (Å²) < 4.78 is 37.9. The number of nitrogens with one attached hydrogen (secondary N) is 1. The van der Waals surface area contributed by atoms with Crippen molar-refractivity contribution < 1.29 is 27.6 Å². The highest BCUT2D eigenvalue weighted by Gasteiger charge is 2.30. The van der Waals surface area contributed by atoms with Crippen molar-refractivity contribution in [2.24, 2.45) is 0 Å². The molecule has 0 heterocycles. The molecule has 0 aliphatic heterocycles. The Bertz CT molecular complexity index is 854. The molecule has 0 aromatic heterocycles. The third kappa shape index (κ3) is 5.35. The van der Waals surface area contributed by atoms with Gasteiger partial charge in [-0.05, 0) is 42.7 Å². The highest BCUT2D eigenvalue weighted by Crippen LogP contribution is 2.30. The molecule has 2 aromatic carbocycles. The normalized spacial score (nSPS) is 11.0. The van der Waals surface area contributed by atoms with Crippen LogP contribution in [0.2, 0.25) is 0 Å². The van der Waals surface area contributed by atoms with Crippen molar-refractivity contribution in [3.63, 3.8) is 0 Å². The Labute approximate surface area is 163 Å². The van der Waals surface area contributed by atoms with E-state index in [1.54, 1.807) is 12.1 Å². The predicted molar refractivity (Wildman–Crippen MR) is 101 cm³/mol. The molecule has 0 unspecified atom stereocenters. The van der Waals surface area contributed by atoms with E-state index >= 15 is 0 Å². The Balaban J connectivity index is 2.22. The number of thioether (sulfide) groups is 1. The molecule has 0 saturated carbocycles. The van der Waals surface area contributed by atoms with Crippen molar-refractivity contribution in [2.45, 2.75) is 6.18 Å². The molecule has 0 spiro atoms. The number of carbonyl (C=O) groups excluding carboxylic acids is 3. The maximum Gasteiger partial charge on any atom is 0.416 e. The summed E-state index contributed by atoms with van der Waals surface area (Å²) in [5.74, 6) is -0.744. The number of nitrogens with zero attached hydrogens (tertiary/aromatic N) is 1. The fraction of sp³-hybridized carbons (Fsp3) is 0.211. The van der Waals surface area contributed by atoms with Crippen molar-refractivity contribution >= 4 is 35.7 Å². The van der Waals surface area contributed by atoms with E-state index in [4.69, 9.17) is 0 Å². The lowest BCUT2D eigenvalue weighted by atomic mass is 10.1. The van der Waals surface area contributed by atoms with E-state index in [0.29, 0.717) is 12.2 Å². The number of alkyl halides is 3. The summed E-state index contributed by atoms with van der Waals surface area (Å²) in [6.45, 7) is 0.193. The lowest BCUT2D eigenvalue weighted by molar-refractivity contribution is -0.137. The van der Waals surface area contributed by atoms with E-state index in [1.165, 1.54) is 23.9 Å². The van der Waals surface area contributed by atoms with Gasteiger partial charge in [-0.1, -0.05) is 12.1 Å². The van der Waals surface area contributed by atoms with Gasteiger partial charge in [0.05, 0.1) is 16.7 Å². The highest BCUT2D eigenvalue weighted by atomic mass is 32.2. The van der Waals surface area contributed by atoms with Crippen LogP contribution in [0.1, 0.15) is 26.3 Å². The Morgan fingerprint density at radius 2 is 1.68 bits per heavy atom. The topological polar surface area (TPSA) is 66.5 Å². The molecule has 0 radical (unpaired) electrons. The molecule has 148 valence electrons. The molecule has 1 N–H and O–H groups in total. The molecule has 0 bridgehead atoms. The molecule has 2 rings (SSSR count). The van der Waals surface area contributed by atoms with Gasteiger partial charge in [-0.2, -0.15) is 24.9 Å². The second-order valence-corrected chi connectivity index (χ2v) is 6.66. The van der Waals surface area contributed by atoms with Crippen LogP contribution in [0.3, 0.4) is 0 Å². The van der Waals surface area contributed by atoms with Crippen molar-refractivity contribution in [3.8, 4) is 0 Å². The fourth-order valence-electron chi connectivity index (χ4n) is 2.36. The molecule has 0 aliphatic carbocycles. The summed E-state index contributed by atoms with van der Waals surface area (Å²) in [5.41, 5.74) is -0.644. The standard InChI is InChI=1S/C19H17F3N2O3S/c1-28-11-10-24(12-25)18(27)16-5-3-2-4-15(16)17(26)23-14-8-6-13(7-9-14)19(20,21)22/h2-9,12H,10-11H2,1H3,(H,23,26). The SMILES string of the molecule is CSCCN(C=O)C(=O)c1ccccc1C(=O)Nc1ccc(C(F)(F)F)cc1. The zero-order valence-electron chi connectivity index (χ0n) is 14.8. The first kappa shape index (κ1) is 21.5. The van der Waals surface area contributed by atoms with Crippen LogP contribution in [0.4, 0.5) is 18.9 Å². The second-order valence-electron chi connectivity index (χ2n) is 5.67. The van der Waals surface area contributed by atoms with Crippen LogP contribution in [0.5, 0.6) is 0 Å². The molecule has 0 atom stereocenters. The zero-order chi connectivity index (χ0) is 20.7. The van der Waals surface area contributed by atoms with Crippen LogP contribution in [-0.2, 0) is 11.0 Å². The van der Waals surface area contributed by atoms with Gasteiger partial charge in [-0.15, -0.1) is 0 Å². The number of hydrogen-bond donors (Lipinski definition) is 1. The predicted octanol–water partition coefficient (Wildman–Crippen LogP) is 3.92. The van der Waals surface area contributed by atoms with Gasteiger partial charge >= 0.3 is 6.18 Å². The van der Waals surface area contributed by atoms with Crippen LogP contribution < -0.4 is 5.32 Å². The minimum atomic E-state index is -4.48. The molecule has 0 aliphatic rings. The van der Waals surface area contributed by atoms with Crippen LogP contribution in [0.25, 0.3) is 0 Å². The Hall–Kier alpha value is -2.81. The molecular weight excluding hydrogens is 393 g/mol. The number of anilines is 1. The third-order valence-corrected chi connectivity index (χ3v) is 4.39. The maximum absolute atomic E-state index is 12.6. The molecule has 0 saturated heterocycles. The zero-order valence-corrected chi connectivity index (χ0v) is 15.6. The Kier molecular flexibility index (Phi) is 7.22. The molecule has 28 heavy (non-hydrogen) atoms. The minimum absolute atomic E-state index is 0.0170. The van der Waals surface area contributed by atoms with Gasteiger partial charge in [-0.3, -0.25) is 19.3 Å². The van der Waals surface area contributed by atoms with Crippen molar-refractivity contribution in [1.29, 1.82) is 0 Å². The summed E-state index contributed by atoms with van der Waals surface area (Å²) in [6.07, 6.45) is -2.24. The second kappa shape index (κ2) is 9.41. The van der Waals surface area contributed by atoms with Gasteiger partial charge in [0.15, 0.2) is 0 Å². The molecular formula is C19H17F3N2O3S. The number of carbonyl (C=O) groups is 3. The van der Waals surface area contributed by atoms with E-state index in [0.717, 1.165) is 29.2 Å². The largest absolute Gasteiger partial charge is 0.416 e. The van der Waals surface area contributed by atoms with Crippen LogP contribution in [0.15, 0.2) is 48.5 Å². The van der Waals surface area contributed by atoms with Crippen molar-refractivity contribution in [1.82, 2.24) is 4.90 Å². The van der Waals surface area contributed by atoms with Gasteiger partial charge in [0.1, 0.15) is 0 Å². The first-order chi connectivity index (χ1) is 13.3. The van der Waals surface area contributed by atoms with Crippen LogP contribution >= 0.6 is 11.8 Å². The van der Waals surface area contributed by atoms with Crippen LogP contribution in [-0.4, -0.2) is 41.7 Å². The summed E-state index contributed by atoms with van der Waals surface area (Å²) in [7, 11) is 0. The summed E-state index contributed by atoms with van der Waals surface area (Å²) in [5, 5.41) is 2.46. The highest BCUT2D eigenvalue weighted by molar-refractivity contribution is 7.98. The minimum Gasteiger partial charge on any atom is -0.322 e. The average Bonchev–Trinajstić information content (AvgIpc) is 2.68. The van der Waals surface area contributed by atoms with Gasteiger partial charge in [0.2, 0.25) is 6.41 Å². The number of imide groups is 1. The number of benzene rings is 2. The van der Waals surface area contributed by atoms with E-state index in [-0.39, 0.29) is 23.4 Å². The van der Waals surface area contributed by atoms with Crippen LogP contribution in [0, 0.1) is 0 Å². The monoisotopic (exact) mass is 410 g/mol. The van der Waals surface area contributed by atoms with Crippen molar-refractivity contribution in [3.05, 3.63) is 65.2 Å². The Morgan fingerprint density at radius 3 is 2.21 bits per heavy atom. The van der Waals surface area contributed by atoms with E-state index in [2.05, 4.69) is 5.32 Å². The quantitative estimate of drug-likeness (QED) is 0.703. The fourth-order valence-corrected chi connectivity index (χ4v) is 2.73. The number of rotatable bonds is 7. The first-order valence-corrected chi connectivity index (χ1v) is 9.50. The van der Waals surface area contributed by atoms with Gasteiger partial charge in [0, 0.05) is 18.0 Å². The first-order valence-electron chi connectivity index (χ1n) is 8.10. The summed E-state index contributed by atoms with van der Waals surface area (Å²) >= 11 is 1.46. The lowest BCUT2D eigenvalue weighted by Gasteiger charge is -2.17. The van der Waals surface area contributed by atoms with Gasteiger partial charge < -0.3 is 5.32 Å². The number of halogens is 3.